The summed E-state index contributed by atoms with van der Waals surface area (Å²) in [4.78, 5) is 0. The van der Waals surface area contributed by atoms with E-state index < -0.39 is 0 Å². The number of nitrogens with one attached hydrogen (secondary N) is 1. The zero-order valence-electron chi connectivity index (χ0n) is 23.8. The molecule has 0 spiro atoms. The van der Waals surface area contributed by atoms with Crippen LogP contribution in [0.1, 0.15) is 114 Å². The Balaban J connectivity index is 1.58. The summed E-state index contributed by atoms with van der Waals surface area (Å²) in [7, 11) is 0. The smallest absolute Gasteiger partial charge is 0.0628 e. The molecule has 0 unspecified atom stereocenters. The number of hydrogen-bond acceptors (Lipinski definition) is 3. The third kappa shape index (κ3) is 3.86. The van der Waals surface area contributed by atoms with Gasteiger partial charge < -0.3 is 15.5 Å². The van der Waals surface area contributed by atoms with E-state index in [2.05, 4.69) is 73.7 Å². The molecule has 0 heterocycles. The number of aliphatic hydroxyl groups excluding tert-OH is 2. The molecule has 3 nitrogen and oxygen atoms in total. The highest BCUT2D eigenvalue weighted by molar-refractivity contribution is 5.31. The molecular formula is C31H55NO2. The number of fused-ring (bicyclic) bond motifs is 5. The van der Waals surface area contributed by atoms with E-state index >= 15 is 0 Å². The minimum Gasteiger partial charge on any atom is -0.393 e. The summed E-state index contributed by atoms with van der Waals surface area (Å²) >= 11 is 0. The highest BCUT2D eigenvalue weighted by atomic mass is 16.3. The van der Waals surface area contributed by atoms with Crippen LogP contribution in [0.25, 0.3) is 0 Å². The van der Waals surface area contributed by atoms with Crippen LogP contribution >= 0.6 is 0 Å². The zero-order valence-corrected chi connectivity index (χ0v) is 23.8. The quantitative estimate of drug-likeness (QED) is 0.306. The van der Waals surface area contributed by atoms with Crippen molar-refractivity contribution in [3.8, 4) is 0 Å². The second kappa shape index (κ2) is 8.59. The van der Waals surface area contributed by atoms with Crippen molar-refractivity contribution < 1.29 is 10.2 Å². The van der Waals surface area contributed by atoms with E-state index in [9.17, 15) is 10.2 Å². The maximum atomic E-state index is 12.0. The maximum Gasteiger partial charge on any atom is 0.0628 e. The fourth-order valence-electron chi connectivity index (χ4n) is 9.75. The van der Waals surface area contributed by atoms with Crippen molar-refractivity contribution in [3.63, 3.8) is 0 Å². The largest absolute Gasteiger partial charge is 0.393 e. The summed E-state index contributed by atoms with van der Waals surface area (Å²) in [5.41, 5.74) is 1.84. The first-order valence-corrected chi connectivity index (χ1v) is 14.4. The normalized spacial score (nSPS) is 46.8. The van der Waals surface area contributed by atoms with Gasteiger partial charge in [0.25, 0.3) is 0 Å². The van der Waals surface area contributed by atoms with Crippen molar-refractivity contribution in [2.24, 2.45) is 45.3 Å². The van der Waals surface area contributed by atoms with Gasteiger partial charge in [-0.15, -0.1) is 0 Å². The fraction of sp³-hybridized carbons (Fsp3) is 0.935. The van der Waals surface area contributed by atoms with Gasteiger partial charge in [0, 0.05) is 16.4 Å². The van der Waals surface area contributed by atoms with Crippen LogP contribution in [0, 0.1) is 45.3 Å². The Hall–Kier alpha value is -0.380. The van der Waals surface area contributed by atoms with Gasteiger partial charge in [-0.2, -0.15) is 0 Å². The number of aliphatic hydroxyl groups is 2. The van der Waals surface area contributed by atoms with Gasteiger partial charge in [0.15, 0.2) is 0 Å². The van der Waals surface area contributed by atoms with Gasteiger partial charge in [0.1, 0.15) is 0 Å². The average Bonchev–Trinajstić information content (AvgIpc) is 2.99. The molecule has 0 radical (unpaired) electrons. The predicted octanol–water partition coefficient (Wildman–Crippen LogP) is 6.73. The minimum absolute atomic E-state index is 0.0789. The maximum absolute atomic E-state index is 12.0. The lowest BCUT2D eigenvalue weighted by molar-refractivity contribution is -0.204. The monoisotopic (exact) mass is 473 g/mol. The Morgan fingerprint density at radius 1 is 1.00 bits per heavy atom. The second-order valence-electron chi connectivity index (χ2n) is 15.2. The predicted molar refractivity (Wildman–Crippen MR) is 143 cm³/mol. The Bertz CT molecular complexity index is 796. The summed E-state index contributed by atoms with van der Waals surface area (Å²) in [6.45, 7) is 22.3. The first-order valence-electron chi connectivity index (χ1n) is 14.4. The van der Waals surface area contributed by atoms with E-state index in [1.165, 1.54) is 31.3 Å². The topological polar surface area (TPSA) is 52.5 Å². The van der Waals surface area contributed by atoms with Gasteiger partial charge in [-0.05, 0) is 113 Å². The molecule has 3 fully saturated rings. The molecular weight excluding hydrogens is 418 g/mol. The third-order valence-electron chi connectivity index (χ3n) is 12.1. The molecule has 3 N–H and O–H groups in total. The van der Waals surface area contributed by atoms with E-state index in [4.69, 9.17) is 0 Å². The molecule has 0 aromatic rings. The highest BCUT2D eigenvalue weighted by Crippen LogP contribution is 2.74. The van der Waals surface area contributed by atoms with Gasteiger partial charge >= 0.3 is 0 Å². The van der Waals surface area contributed by atoms with Gasteiger partial charge in [0.05, 0.1) is 12.2 Å². The molecule has 0 saturated heterocycles. The minimum atomic E-state index is -0.263. The molecule has 196 valence electrons. The molecule has 0 aliphatic heterocycles. The molecule has 3 heteroatoms. The number of hydrogen-bond donors (Lipinski definition) is 3. The Kier molecular flexibility index (Phi) is 6.74. The van der Waals surface area contributed by atoms with Crippen molar-refractivity contribution >= 4 is 0 Å². The first kappa shape index (κ1) is 26.7. The molecule has 3 saturated carbocycles. The van der Waals surface area contributed by atoms with Crippen LogP contribution in [0.4, 0.5) is 0 Å². The van der Waals surface area contributed by atoms with Crippen LogP contribution in [0.5, 0.6) is 0 Å². The van der Waals surface area contributed by atoms with Crippen molar-refractivity contribution in [2.75, 3.05) is 6.54 Å². The molecule has 9 atom stereocenters. The van der Waals surface area contributed by atoms with Crippen LogP contribution in [-0.2, 0) is 0 Å². The van der Waals surface area contributed by atoms with Crippen molar-refractivity contribution in [3.05, 3.63) is 11.6 Å². The molecule has 0 amide bonds. The zero-order chi connectivity index (χ0) is 25.3. The van der Waals surface area contributed by atoms with Gasteiger partial charge in [-0.25, -0.2) is 0 Å². The van der Waals surface area contributed by atoms with Crippen LogP contribution in [-0.4, -0.2) is 34.5 Å². The van der Waals surface area contributed by atoms with E-state index in [1.807, 2.05) is 0 Å². The highest BCUT2D eigenvalue weighted by Gasteiger charge is 2.70. The van der Waals surface area contributed by atoms with E-state index in [-0.39, 0.29) is 39.4 Å². The lowest BCUT2D eigenvalue weighted by Crippen LogP contribution is -2.64. The molecule has 4 aliphatic rings. The summed E-state index contributed by atoms with van der Waals surface area (Å²) in [5.74, 6) is 2.32. The molecule has 34 heavy (non-hydrogen) atoms. The summed E-state index contributed by atoms with van der Waals surface area (Å²) in [6.07, 6.45) is 11.0. The molecule has 4 rings (SSSR count). The Morgan fingerprint density at radius 3 is 2.32 bits per heavy atom. The lowest BCUT2D eigenvalue weighted by atomic mass is 9.38. The lowest BCUT2D eigenvalue weighted by Gasteiger charge is -2.67. The molecule has 0 aromatic carbocycles. The van der Waals surface area contributed by atoms with Crippen molar-refractivity contribution in [1.29, 1.82) is 0 Å². The average molecular weight is 474 g/mol. The van der Waals surface area contributed by atoms with E-state index in [1.54, 1.807) is 0 Å². The molecule has 0 aromatic heterocycles. The van der Waals surface area contributed by atoms with E-state index in [0.717, 1.165) is 32.2 Å². The fourth-order valence-corrected chi connectivity index (χ4v) is 9.75. The first-order chi connectivity index (χ1) is 15.6. The molecule has 0 bridgehead atoms. The molecule has 4 aliphatic carbocycles. The Labute approximate surface area is 210 Å². The van der Waals surface area contributed by atoms with Gasteiger partial charge in [0.2, 0.25) is 0 Å². The summed E-state index contributed by atoms with van der Waals surface area (Å²) < 4.78 is 0. The summed E-state index contributed by atoms with van der Waals surface area (Å²) in [5, 5.41) is 26.4. The third-order valence-corrected chi connectivity index (χ3v) is 12.1. The van der Waals surface area contributed by atoms with Gasteiger partial charge in [-0.1, -0.05) is 53.2 Å². The van der Waals surface area contributed by atoms with Crippen LogP contribution in [0.3, 0.4) is 0 Å². The SMILES string of the molecule is C[C@H](CCCNC(C)(C)C)[C@H]1CC[C@@]2(C)[C@@H]3CC=C4[C@@H](CC[C@H](O)C4(C)C)[C@]3(C)[C@H](O)C[C@]12C. The standard InChI is InChI=1S/C31H55NO2/c1-20(11-10-18-32-27(2,3)4)21-16-17-29(7)24-14-12-22-23(13-15-25(33)28(22,5)6)31(24,9)26(34)19-30(21,29)8/h12,20-21,23-26,32-34H,10-11,13-19H2,1-9H3/t20-,21-,23-,24+,25+,26-,29+,30-,31+/m1/s1. The van der Waals surface area contributed by atoms with Crippen molar-refractivity contribution in [1.82, 2.24) is 5.32 Å². The second-order valence-corrected chi connectivity index (χ2v) is 15.2. The summed E-state index contributed by atoms with van der Waals surface area (Å²) in [6, 6.07) is 0. The van der Waals surface area contributed by atoms with E-state index in [0.29, 0.717) is 23.7 Å². The Morgan fingerprint density at radius 2 is 1.68 bits per heavy atom. The van der Waals surface area contributed by atoms with Crippen LogP contribution in [0.15, 0.2) is 11.6 Å². The van der Waals surface area contributed by atoms with Crippen molar-refractivity contribution in [2.45, 2.75) is 131 Å². The van der Waals surface area contributed by atoms with Gasteiger partial charge in [-0.3, -0.25) is 0 Å². The number of rotatable bonds is 5. The number of allylic oxidation sites excluding steroid dienone is 1. The van der Waals surface area contributed by atoms with Crippen LogP contribution < -0.4 is 5.32 Å². The van der Waals surface area contributed by atoms with Crippen LogP contribution in [0.2, 0.25) is 0 Å².